The summed E-state index contributed by atoms with van der Waals surface area (Å²) in [4.78, 5) is 27.4. The number of H-pyrrole nitrogens is 1. The lowest BCUT2D eigenvalue weighted by atomic mass is 10.1. The van der Waals surface area contributed by atoms with Gasteiger partial charge in [-0.2, -0.15) is 0 Å². The largest absolute Gasteiger partial charge is 0.462 e. The predicted molar refractivity (Wildman–Crippen MR) is 82.9 cm³/mol. The van der Waals surface area contributed by atoms with Gasteiger partial charge in [0.25, 0.3) is 0 Å². The number of hydrogen-bond donors (Lipinski definition) is 1. The second kappa shape index (κ2) is 6.86. The number of ketones is 1. The van der Waals surface area contributed by atoms with Crippen LogP contribution in [0.3, 0.4) is 0 Å². The molecule has 0 aliphatic rings. The van der Waals surface area contributed by atoms with Crippen LogP contribution in [-0.2, 0) is 22.1 Å². The van der Waals surface area contributed by atoms with E-state index in [9.17, 15) is 13.8 Å². The van der Waals surface area contributed by atoms with Crippen molar-refractivity contribution < 1.29 is 18.5 Å². The van der Waals surface area contributed by atoms with Gasteiger partial charge in [-0.15, -0.1) is 10.2 Å². The fourth-order valence-electron chi connectivity index (χ4n) is 2.35. The third-order valence-corrected chi connectivity index (χ3v) is 4.18. The molecule has 0 saturated carbocycles. The molecule has 2 aromatic heterocycles. The molecule has 2 aromatic rings. The van der Waals surface area contributed by atoms with Gasteiger partial charge in [0.1, 0.15) is 6.33 Å². The summed E-state index contributed by atoms with van der Waals surface area (Å²) in [5.41, 5.74) is 1.82. The van der Waals surface area contributed by atoms with Crippen LogP contribution >= 0.6 is 0 Å². The molecule has 0 spiro atoms. The number of carbonyl (C=O) groups is 2. The lowest BCUT2D eigenvalue weighted by Gasteiger charge is -2.04. The molecule has 1 N–H and O–H groups in total. The predicted octanol–water partition coefficient (Wildman–Crippen LogP) is 1.02. The maximum absolute atomic E-state index is 12.5. The van der Waals surface area contributed by atoms with Crippen molar-refractivity contribution in [3.63, 3.8) is 0 Å². The Bertz CT molecular complexity index is 778. The van der Waals surface area contributed by atoms with Crippen molar-refractivity contribution in [2.75, 3.05) is 12.9 Å². The summed E-state index contributed by atoms with van der Waals surface area (Å²) in [5, 5.41) is 7.63. The number of nitrogens with zero attached hydrogens (tertiary/aromatic N) is 3. The molecule has 0 amide bonds. The van der Waals surface area contributed by atoms with E-state index in [2.05, 4.69) is 15.2 Å². The van der Waals surface area contributed by atoms with E-state index in [0.29, 0.717) is 22.5 Å². The summed E-state index contributed by atoms with van der Waals surface area (Å²) in [6.45, 7) is 5.32. The Balaban J connectivity index is 2.30. The van der Waals surface area contributed by atoms with Crippen LogP contribution in [0.1, 0.15) is 39.0 Å². The number of Topliss-reactive ketones (excluding diaryl/α,β-unsaturated/α-hetero) is 1. The molecule has 2 rings (SSSR count). The number of hydrogen-bond acceptors (Lipinski definition) is 6. The van der Waals surface area contributed by atoms with E-state index >= 15 is 0 Å². The van der Waals surface area contributed by atoms with Gasteiger partial charge in [-0.1, -0.05) is 0 Å². The van der Waals surface area contributed by atoms with E-state index < -0.39 is 16.8 Å². The highest BCUT2D eigenvalue weighted by atomic mass is 32.2. The molecule has 2 heterocycles. The van der Waals surface area contributed by atoms with Gasteiger partial charge in [0.15, 0.2) is 5.78 Å². The van der Waals surface area contributed by atoms with E-state index in [0.717, 1.165) is 0 Å². The number of aryl methyl sites for hydroxylation is 1. The normalized spacial score (nSPS) is 12.2. The molecule has 9 heteroatoms. The lowest BCUT2D eigenvalue weighted by Crippen LogP contribution is -2.14. The van der Waals surface area contributed by atoms with Crippen LogP contribution in [0.2, 0.25) is 0 Å². The van der Waals surface area contributed by atoms with Crippen LogP contribution in [0.15, 0.2) is 11.5 Å². The smallest absolute Gasteiger partial charge is 0.340 e. The number of rotatable bonds is 6. The molecular weight excluding hydrogens is 320 g/mol. The number of esters is 1. The van der Waals surface area contributed by atoms with Crippen LogP contribution in [0.25, 0.3) is 0 Å². The van der Waals surface area contributed by atoms with Crippen molar-refractivity contribution in [2.24, 2.45) is 0 Å². The van der Waals surface area contributed by atoms with Gasteiger partial charge in [0, 0.05) is 11.9 Å². The highest BCUT2D eigenvalue weighted by Crippen LogP contribution is 2.20. The minimum Gasteiger partial charge on any atom is -0.462 e. The zero-order valence-corrected chi connectivity index (χ0v) is 14.2. The first-order chi connectivity index (χ1) is 10.9. The Morgan fingerprint density at radius 3 is 2.70 bits per heavy atom. The fraction of sp³-hybridized carbons (Fsp3) is 0.429. The summed E-state index contributed by atoms with van der Waals surface area (Å²) in [6.07, 6.45) is 2.82. The van der Waals surface area contributed by atoms with Crippen molar-refractivity contribution in [3.8, 4) is 0 Å². The Kier molecular flexibility index (Phi) is 5.09. The van der Waals surface area contributed by atoms with Crippen LogP contribution in [-0.4, -0.2) is 48.6 Å². The summed E-state index contributed by atoms with van der Waals surface area (Å²) in [7, 11) is -1.34. The molecule has 8 nitrogen and oxygen atoms in total. The highest BCUT2D eigenvalue weighted by molar-refractivity contribution is 7.84. The second-order valence-electron chi connectivity index (χ2n) is 4.96. The van der Waals surface area contributed by atoms with Crippen molar-refractivity contribution >= 4 is 22.6 Å². The summed E-state index contributed by atoms with van der Waals surface area (Å²) in [6, 6.07) is 0. The van der Waals surface area contributed by atoms with E-state index in [4.69, 9.17) is 4.74 Å². The molecule has 0 unspecified atom stereocenters. The molecule has 0 aromatic carbocycles. The lowest BCUT2D eigenvalue weighted by molar-refractivity contribution is 0.0525. The Morgan fingerprint density at radius 1 is 1.39 bits per heavy atom. The number of aromatic amines is 1. The molecule has 0 bridgehead atoms. The van der Waals surface area contributed by atoms with Crippen LogP contribution < -0.4 is 0 Å². The van der Waals surface area contributed by atoms with Crippen LogP contribution in [0.5, 0.6) is 0 Å². The van der Waals surface area contributed by atoms with E-state index in [1.165, 1.54) is 17.2 Å². The van der Waals surface area contributed by atoms with E-state index in [-0.39, 0.29) is 24.1 Å². The Labute approximate surface area is 135 Å². The molecule has 1 atom stereocenters. The highest BCUT2D eigenvalue weighted by Gasteiger charge is 2.23. The van der Waals surface area contributed by atoms with Gasteiger partial charge in [-0.25, -0.2) is 4.79 Å². The minimum atomic E-state index is -1.34. The van der Waals surface area contributed by atoms with E-state index in [1.54, 1.807) is 20.8 Å². The SMILES string of the molecule is CCOC(=O)c1c(C)[nH]c(C(=O)Cn2cnnc2[S@@](C)=O)c1C. The third-order valence-electron chi connectivity index (χ3n) is 3.35. The number of carbonyl (C=O) groups excluding carboxylic acids is 2. The molecule has 0 aliphatic carbocycles. The molecular formula is C14H18N4O4S. The van der Waals surface area contributed by atoms with Crippen LogP contribution in [0.4, 0.5) is 0 Å². The zero-order chi connectivity index (χ0) is 17.1. The van der Waals surface area contributed by atoms with Crippen molar-refractivity contribution in [1.82, 2.24) is 19.7 Å². The number of ether oxygens (including phenoxy) is 1. The fourth-order valence-corrected chi connectivity index (χ4v) is 2.95. The van der Waals surface area contributed by atoms with Gasteiger partial charge in [-0.05, 0) is 26.3 Å². The molecule has 124 valence electrons. The molecule has 0 saturated heterocycles. The summed E-state index contributed by atoms with van der Waals surface area (Å²) in [5.74, 6) is -0.718. The average Bonchev–Trinajstić information content (AvgIpc) is 3.03. The van der Waals surface area contributed by atoms with E-state index in [1.807, 2.05) is 0 Å². The van der Waals surface area contributed by atoms with Crippen molar-refractivity contribution in [3.05, 3.63) is 28.8 Å². The van der Waals surface area contributed by atoms with Gasteiger partial charge < -0.3 is 9.72 Å². The Hall–Kier alpha value is -2.29. The zero-order valence-electron chi connectivity index (χ0n) is 13.4. The molecule has 0 fully saturated rings. The monoisotopic (exact) mass is 338 g/mol. The van der Waals surface area contributed by atoms with Gasteiger partial charge in [-0.3, -0.25) is 13.6 Å². The van der Waals surface area contributed by atoms with Gasteiger partial charge >= 0.3 is 5.97 Å². The summed E-state index contributed by atoms with van der Waals surface area (Å²) < 4.78 is 18.0. The standard InChI is InChI=1S/C14H18N4O4S/c1-5-22-13(20)11-8(2)12(16-9(11)3)10(19)6-18-7-15-17-14(18)23(4)21/h7,16H,5-6H2,1-4H3/t23-/m1/s1. The second-order valence-corrected chi connectivity index (χ2v) is 6.24. The first-order valence-corrected chi connectivity index (χ1v) is 8.53. The summed E-state index contributed by atoms with van der Waals surface area (Å²) >= 11 is 0. The van der Waals surface area contributed by atoms with Gasteiger partial charge in [0.2, 0.25) is 5.16 Å². The van der Waals surface area contributed by atoms with Crippen molar-refractivity contribution in [2.45, 2.75) is 32.5 Å². The van der Waals surface area contributed by atoms with Crippen LogP contribution in [0, 0.1) is 13.8 Å². The third kappa shape index (κ3) is 3.39. The molecule has 0 radical (unpaired) electrons. The maximum atomic E-state index is 12.5. The minimum absolute atomic E-state index is 0.0645. The average molecular weight is 338 g/mol. The molecule has 23 heavy (non-hydrogen) atoms. The Morgan fingerprint density at radius 2 is 2.09 bits per heavy atom. The maximum Gasteiger partial charge on any atom is 0.340 e. The van der Waals surface area contributed by atoms with Crippen molar-refractivity contribution in [1.29, 1.82) is 0 Å². The molecule has 0 aliphatic heterocycles. The quantitative estimate of drug-likeness (QED) is 0.622. The first-order valence-electron chi connectivity index (χ1n) is 6.97. The van der Waals surface area contributed by atoms with Gasteiger partial charge in [0.05, 0.1) is 35.2 Å². The number of nitrogens with one attached hydrogen (secondary N) is 1. The number of aromatic nitrogens is 4. The topological polar surface area (TPSA) is 107 Å². The first kappa shape index (κ1) is 17.1.